The summed E-state index contributed by atoms with van der Waals surface area (Å²) in [5, 5.41) is 9.61. The fourth-order valence-electron chi connectivity index (χ4n) is 1.51. The topological polar surface area (TPSA) is 20.2 Å². The molecule has 1 unspecified atom stereocenters. The average molecular weight is 236 g/mol. The zero-order valence-electron chi connectivity index (χ0n) is 11.4. The van der Waals surface area contributed by atoms with E-state index in [1.54, 1.807) is 0 Å². The van der Waals surface area contributed by atoms with Crippen LogP contribution in [-0.4, -0.2) is 11.2 Å². The number of unbranched alkanes of at least 4 members (excludes halogenated alkanes) is 2. The Bertz CT molecular complexity index is 226. The minimum absolute atomic E-state index is 0.144. The fourth-order valence-corrected chi connectivity index (χ4v) is 1.51. The van der Waals surface area contributed by atoms with Crippen LogP contribution in [-0.2, 0) is 0 Å². The van der Waals surface area contributed by atoms with Crippen LogP contribution >= 0.6 is 0 Å². The fraction of sp³-hybridized carbons (Fsp3) is 0.625. The monoisotopic (exact) mass is 236 g/mol. The quantitative estimate of drug-likeness (QED) is 0.328. The van der Waals surface area contributed by atoms with E-state index >= 15 is 0 Å². The molecule has 0 aliphatic heterocycles. The molecule has 1 heteroatoms. The molecule has 0 aliphatic carbocycles. The highest BCUT2D eigenvalue weighted by Gasteiger charge is 1.98. The number of aliphatic hydroxyl groups excluding tert-OH is 1. The van der Waals surface area contributed by atoms with Gasteiger partial charge >= 0.3 is 0 Å². The van der Waals surface area contributed by atoms with E-state index in [0.717, 1.165) is 44.9 Å². The van der Waals surface area contributed by atoms with Crippen LogP contribution in [0.15, 0.2) is 36.5 Å². The van der Waals surface area contributed by atoms with Crippen LogP contribution in [0.4, 0.5) is 0 Å². The van der Waals surface area contributed by atoms with Crippen molar-refractivity contribution in [2.75, 3.05) is 0 Å². The Morgan fingerprint density at radius 1 is 0.941 bits per heavy atom. The van der Waals surface area contributed by atoms with Gasteiger partial charge in [0.25, 0.3) is 0 Å². The van der Waals surface area contributed by atoms with Gasteiger partial charge in [0.1, 0.15) is 0 Å². The van der Waals surface area contributed by atoms with Crippen LogP contribution in [0.3, 0.4) is 0 Å². The SMILES string of the molecule is CCC=C/C=C\CC/C=C\CC(O)CCCC. The van der Waals surface area contributed by atoms with Crippen molar-refractivity contribution in [3.63, 3.8) is 0 Å². The van der Waals surface area contributed by atoms with Crippen LogP contribution < -0.4 is 0 Å². The van der Waals surface area contributed by atoms with Gasteiger partial charge in [-0.05, 0) is 32.1 Å². The first-order chi connectivity index (χ1) is 8.31. The smallest absolute Gasteiger partial charge is 0.0574 e. The molecule has 0 amide bonds. The molecule has 0 spiro atoms. The first-order valence-corrected chi connectivity index (χ1v) is 6.96. The summed E-state index contributed by atoms with van der Waals surface area (Å²) in [5.74, 6) is 0. The van der Waals surface area contributed by atoms with Crippen molar-refractivity contribution in [2.24, 2.45) is 0 Å². The summed E-state index contributed by atoms with van der Waals surface area (Å²) in [6.45, 7) is 4.29. The van der Waals surface area contributed by atoms with Gasteiger partial charge in [0.05, 0.1) is 6.10 Å². The Labute approximate surface area is 107 Å². The Hall–Kier alpha value is -0.820. The molecule has 0 aromatic heterocycles. The predicted octanol–water partition coefficient (Wildman–Crippen LogP) is 4.79. The second-order valence-corrected chi connectivity index (χ2v) is 4.35. The number of hydrogen-bond acceptors (Lipinski definition) is 1. The summed E-state index contributed by atoms with van der Waals surface area (Å²) in [6.07, 6.45) is 19.9. The van der Waals surface area contributed by atoms with Crippen molar-refractivity contribution in [1.82, 2.24) is 0 Å². The largest absolute Gasteiger partial charge is 0.393 e. The predicted molar refractivity (Wildman–Crippen MR) is 77.1 cm³/mol. The maximum absolute atomic E-state index is 9.61. The minimum atomic E-state index is -0.144. The lowest BCUT2D eigenvalue weighted by Gasteiger charge is -2.05. The van der Waals surface area contributed by atoms with E-state index in [4.69, 9.17) is 0 Å². The average Bonchev–Trinajstić information content (AvgIpc) is 2.34. The van der Waals surface area contributed by atoms with Gasteiger partial charge in [-0.15, -0.1) is 0 Å². The highest BCUT2D eigenvalue weighted by molar-refractivity contribution is 5.02. The van der Waals surface area contributed by atoms with Gasteiger partial charge in [-0.1, -0.05) is 63.1 Å². The van der Waals surface area contributed by atoms with Crippen molar-refractivity contribution in [3.8, 4) is 0 Å². The Balaban J connectivity index is 3.41. The zero-order chi connectivity index (χ0) is 12.8. The first-order valence-electron chi connectivity index (χ1n) is 6.96. The van der Waals surface area contributed by atoms with Gasteiger partial charge in [-0.3, -0.25) is 0 Å². The lowest BCUT2D eigenvalue weighted by molar-refractivity contribution is 0.164. The summed E-state index contributed by atoms with van der Waals surface area (Å²) in [7, 11) is 0. The number of allylic oxidation sites excluding steroid dienone is 5. The molecule has 17 heavy (non-hydrogen) atoms. The molecule has 0 saturated heterocycles. The first kappa shape index (κ1) is 16.2. The molecule has 0 aromatic carbocycles. The van der Waals surface area contributed by atoms with Crippen LogP contribution in [0.2, 0.25) is 0 Å². The number of rotatable bonds is 10. The molecule has 0 bridgehead atoms. The molecule has 1 atom stereocenters. The van der Waals surface area contributed by atoms with Crippen molar-refractivity contribution >= 4 is 0 Å². The Kier molecular flexibility index (Phi) is 12.6. The van der Waals surface area contributed by atoms with Crippen molar-refractivity contribution in [2.45, 2.75) is 64.9 Å². The molecule has 0 saturated carbocycles. The molecule has 0 aliphatic rings. The molecule has 98 valence electrons. The molecule has 0 rings (SSSR count). The summed E-state index contributed by atoms with van der Waals surface area (Å²) < 4.78 is 0. The van der Waals surface area contributed by atoms with Crippen molar-refractivity contribution in [3.05, 3.63) is 36.5 Å². The highest BCUT2D eigenvalue weighted by Crippen LogP contribution is 2.05. The van der Waals surface area contributed by atoms with Gasteiger partial charge in [-0.25, -0.2) is 0 Å². The molecular formula is C16H28O. The summed E-state index contributed by atoms with van der Waals surface area (Å²) >= 11 is 0. The molecule has 0 aromatic rings. The summed E-state index contributed by atoms with van der Waals surface area (Å²) in [6, 6.07) is 0. The van der Waals surface area contributed by atoms with Gasteiger partial charge in [-0.2, -0.15) is 0 Å². The Morgan fingerprint density at radius 3 is 2.35 bits per heavy atom. The molecule has 0 radical (unpaired) electrons. The van der Waals surface area contributed by atoms with Crippen LogP contribution in [0.5, 0.6) is 0 Å². The standard InChI is InChI=1S/C16H28O/c1-3-5-7-8-9-10-11-12-13-15-16(17)14-6-4-2/h5,7-9,12-13,16-17H,3-4,6,10-11,14-15H2,1-2H3/b7-5?,9-8-,13-12-. The highest BCUT2D eigenvalue weighted by atomic mass is 16.3. The second kappa shape index (κ2) is 13.2. The van der Waals surface area contributed by atoms with Crippen LogP contribution in [0.25, 0.3) is 0 Å². The van der Waals surface area contributed by atoms with E-state index in [2.05, 4.69) is 50.3 Å². The lowest BCUT2D eigenvalue weighted by atomic mass is 10.1. The van der Waals surface area contributed by atoms with Gasteiger partial charge < -0.3 is 5.11 Å². The van der Waals surface area contributed by atoms with Gasteiger partial charge in [0, 0.05) is 0 Å². The van der Waals surface area contributed by atoms with E-state index in [9.17, 15) is 5.11 Å². The van der Waals surface area contributed by atoms with E-state index in [1.807, 2.05) is 0 Å². The third-order valence-corrected chi connectivity index (χ3v) is 2.58. The van der Waals surface area contributed by atoms with Crippen LogP contribution in [0, 0.1) is 0 Å². The third-order valence-electron chi connectivity index (χ3n) is 2.58. The van der Waals surface area contributed by atoms with Gasteiger partial charge in [0.15, 0.2) is 0 Å². The lowest BCUT2D eigenvalue weighted by Crippen LogP contribution is -2.03. The Morgan fingerprint density at radius 2 is 1.65 bits per heavy atom. The summed E-state index contributed by atoms with van der Waals surface area (Å²) in [4.78, 5) is 0. The minimum Gasteiger partial charge on any atom is -0.393 e. The number of hydrogen-bond donors (Lipinski definition) is 1. The molecular weight excluding hydrogens is 208 g/mol. The third kappa shape index (κ3) is 13.1. The van der Waals surface area contributed by atoms with Gasteiger partial charge in [0.2, 0.25) is 0 Å². The van der Waals surface area contributed by atoms with Crippen molar-refractivity contribution < 1.29 is 5.11 Å². The van der Waals surface area contributed by atoms with E-state index in [0.29, 0.717) is 0 Å². The van der Waals surface area contributed by atoms with E-state index in [-0.39, 0.29) is 6.10 Å². The number of aliphatic hydroxyl groups is 1. The molecule has 0 fully saturated rings. The van der Waals surface area contributed by atoms with E-state index in [1.165, 1.54) is 0 Å². The molecule has 1 nitrogen and oxygen atoms in total. The zero-order valence-corrected chi connectivity index (χ0v) is 11.4. The molecule has 1 N–H and O–H groups in total. The van der Waals surface area contributed by atoms with Crippen molar-refractivity contribution in [1.29, 1.82) is 0 Å². The maximum atomic E-state index is 9.61. The molecule has 0 heterocycles. The normalized spacial score (nSPS) is 14.3. The maximum Gasteiger partial charge on any atom is 0.0574 e. The second-order valence-electron chi connectivity index (χ2n) is 4.35. The van der Waals surface area contributed by atoms with E-state index < -0.39 is 0 Å². The van der Waals surface area contributed by atoms with Crippen LogP contribution in [0.1, 0.15) is 58.8 Å². The summed E-state index contributed by atoms with van der Waals surface area (Å²) in [5.41, 5.74) is 0.